The summed E-state index contributed by atoms with van der Waals surface area (Å²) in [6.45, 7) is 0. The molecule has 0 unspecified atom stereocenters. The predicted octanol–water partition coefficient (Wildman–Crippen LogP) is 4.12. The van der Waals surface area contributed by atoms with E-state index in [1.165, 1.54) is 16.8 Å². The Balaban J connectivity index is 1.06. The molecule has 0 saturated heterocycles. The Morgan fingerprint density at radius 1 is 1.14 bits per heavy atom. The highest BCUT2D eigenvalue weighted by Crippen LogP contribution is 2.67. The third-order valence-corrected chi connectivity index (χ3v) is 7.07. The summed E-state index contributed by atoms with van der Waals surface area (Å²) in [6.07, 6.45) is -5.60. The van der Waals surface area contributed by atoms with E-state index in [0.29, 0.717) is 25.2 Å². The van der Waals surface area contributed by atoms with Gasteiger partial charge in [0.2, 0.25) is 11.8 Å². The lowest BCUT2D eigenvalue weighted by Gasteiger charge is -2.68. The summed E-state index contributed by atoms with van der Waals surface area (Å²) in [7, 11) is 0. The average molecular weight is 501 g/mol. The average Bonchev–Trinajstić information content (AvgIpc) is 3.30. The molecule has 0 atom stereocenters. The second-order valence-electron chi connectivity index (χ2n) is 9.65. The second kappa shape index (κ2) is 6.95. The molecule has 0 radical (unpaired) electrons. The van der Waals surface area contributed by atoms with Crippen molar-refractivity contribution in [3.63, 3.8) is 0 Å². The van der Waals surface area contributed by atoms with Crippen LogP contribution in [0.25, 0.3) is 5.65 Å². The fraction of sp³-hybridized carbons (Fsp3) is 0.524. The number of imidazole rings is 1. The van der Waals surface area contributed by atoms with Crippen molar-refractivity contribution in [2.24, 2.45) is 0 Å². The molecule has 3 aromatic rings. The van der Waals surface area contributed by atoms with Gasteiger partial charge in [-0.05, 0) is 44.2 Å². The minimum Gasteiger partial charge on any atom is -0.424 e. The van der Waals surface area contributed by atoms with Crippen molar-refractivity contribution in [3.8, 4) is 0 Å². The zero-order chi connectivity index (χ0) is 24.8. The Labute approximate surface area is 192 Å². The van der Waals surface area contributed by atoms with Crippen LogP contribution in [0.15, 0.2) is 28.9 Å². The van der Waals surface area contributed by atoms with Crippen LogP contribution in [-0.2, 0) is 16.3 Å². The lowest BCUT2D eigenvalue weighted by molar-refractivity contribution is -0.352. The van der Waals surface area contributed by atoms with Crippen molar-refractivity contribution in [3.05, 3.63) is 47.6 Å². The van der Waals surface area contributed by atoms with Gasteiger partial charge < -0.3 is 14.1 Å². The number of nitrogens with one attached hydrogen (secondary N) is 1. The number of aromatic nitrogens is 4. The fourth-order valence-electron chi connectivity index (χ4n) is 5.39. The zero-order valence-electron chi connectivity index (χ0n) is 17.8. The number of nitrogens with zero attached hydrogens (tertiary/aromatic N) is 4. The summed E-state index contributed by atoms with van der Waals surface area (Å²) in [5.74, 6) is -0.0894. The van der Waals surface area contributed by atoms with Gasteiger partial charge in [0.15, 0.2) is 0 Å². The first kappa shape index (κ1) is 22.3. The first-order valence-electron chi connectivity index (χ1n) is 10.8. The Morgan fingerprint density at radius 3 is 2.51 bits per heavy atom. The van der Waals surface area contributed by atoms with Gasteiger partial charge in [0, 0.05) is 23.9 Å². The van der Waals surface area contributed by atoms with Crippen LogP contribution in [0, 0.1) is 0 Å². The maximum absolute atomic E-state index is 12.9. The molecule has 0 aliphatic heterocycles. The number of hydrogen-bond acceptors (Lipinski definition) is 6. The van der Waals surface area contributed by atoms with E-state index in [1.807, 2.05) is 0 Å². The van der Waals surface area contributed by atoms with Crippen molar-refractivity contribution in [2.45, 2.75) is 67.6 Å². The maximum atomic E-state index is 12.9. The fourth-order valence-corrected chi connectivity index (χ4v) is 5.39. The number of alkyl halides is 6. The van der Waals surface area contributed by atoms with E-state index >= 15 is 0 Å². The molecule has 4 fully saturated rings. The molecule has 3 heterocycles. The van der Waals surface area contributed by atoms with E-state index in [0.717, 1.165) is 12.1 Å². The van der Waals surface area contributed by atoms with Crippen LogP contribution >= 0.6 is 0 Å². The SMILES string of the molecule is O=C(NC12CC(c3nnc(C4CC(OC(F)(F)F)C4)o3)(C1)C2)c1cn2ccc(C(F)(F)F)cc2n1. The molecule has 4 aliphatic carbocycles. The smallest absolute Gasteiger partial charge is 0.424 e. The summed E-state index contributed by atoms with van der Waals surface area (Å²) >= 11 is 0. The molecular formula is C21H17F6N5O3. The van der Waals surface area contributed by atoms with Gasteiger partial charge in [-0.25, -0.2) is 4.98 Å². The first-order valence-corrected chi connectivity index (χ1v) is 10.8. The number of rotatable bonds is 5. The van der Waals surface area contributed by atoms with Crippen LogP contribution in [0.5, 0.6) is 0 Å². The van der Waals surface area contributed by atoms with Crippen LogP contribution < -0.4 is 5.32 Å². The van der Waals surface area contributed by atoms with E-state index < -0.39 is 35.7 Å². The van der Waals surface area contributed by atoms with E-state index in [1.54, 1.807) is 0 Å². The number of pyridine rings is 1. The molecule has 4 saturated carbocycles. The van der Waals surface area contributed by atoms with E-state index in [4.69, 9.17) is 4.42 Å². The number of halogens is 6. The maximum Gasteiger partial charge on any atom is 0.522 e. The Kier molecular flexibility index (Phi) is 4.43. The monoisotopic (exact) mass is 501 g/mol. The highest BCUT2D eigenvalue weighted by atomic mass is 19.4. The summed E-state index contributed by atoms with van der Waals surface area (Å²) < 4.78 is 86.6. The van der Waals surface area contributed by atoms with Gasteiger partial charge in [-0.3, -0.25) is 9.53 Å². The van der Waals surface area contributed by atoms with Gasteiger partial charge in [0.1, 0.15) is 11.3 Å². The van der Waals surface area contributed by atoms with Crippen molar-refractivity contribution in [1.82, 2.24) is 24.9 Å². The van der Waals surface area contributed by atoms with E-state index in [-0.39, 0.29) is 41.4 Å². The predicted molar refractivity (Wildman–Crippen MR) is 103 cm³/mol. The van der Waals surface area contributed by atoms with Crippen LogP contribution in [-0.4, -0.2) is 43.5 Å². The number of carbonyl (C=O) groups excluding carboxylic acids is 1. The van der Waals surface area contributed by atoms with Crippen molar-refractivity contribution < 1.29 is 40.3 Å². The lowest BCUT2D eigenvalue weighted by atomic mass is 9.39. The summed E-state index contributed by atoms with van der Waals surface area (Å²) in [5.41, 5.74) is -1.71. The molecule has 1 amide bonds. The van der Waals surface area contributed by atoms with Crippen LogP contribution in [0.1, 0.15) is 65.9 Å². The minimum atomic E-state index is -4.67. The molecule has 7 rings (SSSR count). The van der Waals surface area contributed by atoms with Gasteiger partial charge in [-0.2, -0.15) is 13.2 Å². The molecule has 4 aliphatic rings. The largest absolute Gasteiger partial charge is 0.522 e. The van der Waals surface area contributed by atoms with E-state index in [2.05, 4.69) is 25.2 Å². The number of amides is 1. The number of fused-ring (bicyclic) bond motifs is 1. The van der Waals surface area contributed by atoms with Crippen LogP contribution in [0.4, 0.5) is 26.3 Å². The van der Waals surface area contributed by atoms with Gasteiger partial charge >= 0.3 is 12.5 Å². The number of hydrogen-bond donors (Lipinski definition) is 1. The summed E-state index contributed by atoms with van der Waals surface area (Å²) in [5, 5.41) is 11.0. The second-order valence-corrected chi connectivity index (χ2v) is 9.65. The van der Waals surface area contributed by atoms with Gasteiger partial charge in [0.25, 0.3) is 5.91 Å². The minimum absolute atomic E-state index is 0.00351. The molecule has 2 bridgehead atoms. The standard InChI is InChI=1S/C21H17F6N5O3/c22-20(23,24)11-1-2-32-6-13(28-14(32)5-11)15(33)29-19-7-18(8-19,9-19)17-31-30-16(34-17)10-3-12(4-10)35-21(25,26)27/h1-2,5-6,10,12H,3-4,7-9H2,(H,29,33). The van der Waals surface area contributed by atoms with Crippen LogP contribution in [0.2, 0.25) is 0 Å². The lowest BCUT2D eigenvalue weighted by Crippen LogP contribution is -2.76. The molecule has 3 aromatic heterocycles. The molecule has 35 heavy (non-hydrogen) atoms. The Hall–Kier alpha value is -3.16. The quantitative estimate of drug-likeness (QED) is 0.529. The van der Waals surface area contributed by atoms with Crippen molar-refractivity contribution in [2.75, 3.05) is 0 Å². The molecule has 186 valence electrons. The molecule has 8 nitrogen and oxygen atoms in total. The van der Waals surface area contributed by atoms with E-state index in [9.17, 15) is 31.1 Å². The first-order chi connectivity index (χ1) is 16.3. The Bertz CT molecular complexity index is 1300. The molecule has 0 aromatic carbocycles. The highest BCUT2D eigenvalue weighted by molar-refractivity contribution is 5.93. The third-order valence-electron chi connectivity index (χ3n) is 7.07. The highest BCUT2D eigenvalue weighted by Gasteiger charge is 2.72. The Morgan fingerprint density at radius 2 is 1.86 bits per heavy atom. The number of ether oxygens (including phenoxy) is 1. The topological polar surface area (TPSA) is 94.5 Å². The normalized spacial score (nSPS) is 29.9. The number of carbonyl (C=O) groups is 1. The molecular weight excluding hydrogens is 484 g/mol. The van der Waals surface area contributed by atoms with Crippen LogP contribution in [0.3, 0.4) is 0 Å². The molecule has 14 heteroatoms. The van der Waals surface area contributed by atoms with Crippen molar-refractivity contribution >= 4 is 11.6 Å². The zero-order valence-corrected chi connectivity index (χ0v) is 17.8. The molecule has 1 N–H and O–H groups in total. The van der Waals surface area contributed by atoms with Gasteiger partial charge in [-0.1, -0.05) is 0 Å². The summed E-state index contributed by atoms with van der Waals surface area (Å²) in [6, 6.07) is 1.78. The molecule has 0 spiro atoms. The van der Waals surface area contributed by atoms with Gasteiger partial charge in [-0.15, -0.1) is 23.4 Å². The van der Waals surface area contributed by atoms with Crippen molar-refractivity contribution in [1.29, 1.82) is 0 Å². The van der Waals surface area contributed by atoms with Gasteiger partial charge in [0.05, 0.1) is 17.1 Å². The summed E-state index contributed by atoms with van der Waals surface area (Å²) in [4.78, 5) is 16.7. The third kappa shape index (κ3) is 3.74.